The second-order valence-corrected chi connectivity index (χ2v) is 7.17. The monoisotopic (exact) mass is 308 g/mol. The van der Waals surface area contributed by atoms with E-state index in [1.54, 1.807) is 0 Å². The van der Waals surface area contributed by atoms with Crippen LogP contribution in [0.1, 0.15) is 50.4 Å². The zero-order valence-electron chi connectivity index (χ0n) is 13.7. The van der Waals surface area contributed by atoms with E-state index in [0.29, 0.717) is 17.3 Å². The van der Waals surface area contributed by atoms with Crippen LogP contribution in [0.3, 0.4) is 0 Å². The van der Waals surface area contributed by atoms with Gasteiger partial charge in [-0.05, 0) is 42.7 Å². The summed E-state index contributed by atoms with van der Waals surface area (Å²) in [6.45, 7) is 6.74. The highest BCUT2D eigenvalue weighted by Crippen LogP contribution is 2.40. The Morgan fingerprint density at radius 1 is 1.41 bits per heavy atom. The van der Waals surface area contributed by atoms with Gasteiger partial charge in [0.1, 0.15) is 5.82 Å². The fourth-order valence-corrected chi connectivity index (χ4v) is 3.66. The van der Waals surface area contributed by atoms with Gasteiger partial charge in [-0.2, -0.15) is 0 Å². The highest BCUT2D eigenvalue weighted by Gasteiger charge is 2.32. The molecule has 2 rings (SSSR count). The van der Waals surface area contributed by atoms with Crippen molar-refractivity contribution in [2.45, 2.75) is 46.1 Å². The first-order valence-electron chi connectivity index (χ1n) is 7.65. The first-order chi connectivity index (χ1) is 10.2. The molecule has 1 aliphatic rings. The summed E-state index contributed by atoms with van der Waals surface area (Å²) >= 11 is 0. The van der Waals surface area contributed by atoms with Crippen LogP contribution in [-0.4, -0.2) is 19.1 Å². The molecule has 0 aromatic heterocycles. The number of nitrogens with two attached hydrogens (primary N) is 1. The van der Waals surface area contributed by atoms with Crippen molar-refractivity contribution in [3.05, 3.63) is 23.5 Å². The molecule has 4 nitrogen and oxygen atoms in total. The van der Waals surface area contributed by atoms with Gasteiger partial charge >= 0.3 is 5.97 Å². The Labute approximate surface area is 131 Å². The SMILES string of the molecule is COC(=O)c1cc(N)c(N[C@H]2C[C@@H](C)CC(C)(C)C2)cc1F. The molecular formula is C17H25FN2O2. The number of halogens is 1. The molecule has 1 saturated carbocycles. The third-order valence-electron chi connectivity index (χ3n) is 4.29. The maximum atomic E-state index is 14.1. The van der Waals surface area contributed by atoms with Crippen molar-refractivity contribution < 1.29 is 13.9 Å². The zero-order valence-corrected chi connectivity index (χ0v) is 13.7. The van der Waals surface area contributed by atoms with Crippen LogP contribution in [0.4, 0.5) is 15.8 Å². The lowest BCUT2D eigenvalue weighted by molar-refractivity contribution is 0.0595. The van der Waals surface area contributed by atoms with E-state index >= 15 is 0 Å². The van der Waals surface area contributed by atoms with Gasteiger partial charge < -0.3 is 15.8 Å². The van der Waals surface area contributed by atoms with Crippen LogP contribution in [-0.2, 0) is 4.74 Å². The van der Waals surface area contributed by atoms with E-state index in [9.17, 15) is 9.18 Å². The van der Waals surface area contributed by atoms with Gasteiger partial charge in [-0.25, -0.2) is 9.18 Å². The Bertz CT molecular complexity index is 572. The van der Waals surface area contributed by atoms with Crippen molar-refractivity contribution in [2.75, 3.05) is 18.2 Å². The number of anilines is 2. The number of esters is 1. The molecule has 0 unspecified atom stereocenters. The minimum Gasteiger partial charge on any atom is -0.465 e. The lowest BCUT2D eigenvalue weighted by atomic mass is 9.70. The van der Waals surface area contributed by atoms with E-state index in [-0.39, 0.29) is 17.0 Å². The smallest absolute Gasteiger partial charge is 0.340 e. The number of carbonyl (C=O) groups is 1. The molecule has 122 valence electrons. The third-order valence-corrected chi connectivity index (χ3v) is 4.29. The number of carbonyl (C=O) groups excluding carboxylic acids is 1. The molecule has 1 aromatic rings. The van der Waals surface area contributed by atoms with Crippen LogP contribution in [0, 0.1) is 17.2 Å². The summed E-state index contributed by atoms with van der Waals surface area (Å²) in [5.74, 6) is -0.725. The molecule has 1 aliphatic carbocycles. The van der Waals surface area contributed by atoms with Crippen LogP contribution in [0.15, 0.2) is 12.1 Å². The van der Waals surface area contributed by atoms with Crippen LogP contribution in [0.2, 0.25) is 0 Å². The van der Waals surface area contributed by atoms with Gasteiger partial charge in [0.25, 0.3) is 0 Å². The number of ether oxygens (including phenoxy) is 1. The van der Waals surface area contributed by atoms with E-state index in [2.05, 4.69) is 30.8 Å². The maximum absolute atomic E-state index is 14.1. The summed E-state index contributed by atoms with van der Waals surface area (Å²) in [4.78, 5) is 11.5. The molecule has 0 bridgehead atoms. The minimum absolute atomic E-state index is 0.136. The summed E-state index contributed by atoms with van der Waals surface area (Å²) in [6.07, 6.45) is 3.23. The highest BCUT2D eigenvalue weighted by atomic mass is 19.1. The largest absolute Gasteiger partial charge is 0.465 e. The molecule has 3 N–H and O–H groups in total. The van der Waals surface area contributed by atoms with Crippen LogP contribution < -0.4 is 11.1 Å². The summed E-state index contributed by atoms with van der Waals surface area (Å²) in [7, 11) is 1.22. The van der Waals surface area contributed by atoms with Crippen molar-refractivity contribution in [2.24, 2.45) is 11.3 Å². The van der Waals surface area contributed by atoms with Gasteiger partial charge in [-0.3, -0.25) is 0 Å². The van der Waals surface area contributed by atoms with E-state index in [4.69, 9.17) is 5.73 Å². The lowest BCUT2D eigenvalue weighted by Crippen LogP contribution is -2.35. The van der Waals surface area contributed by atoms with Crippen molar-refractivity contribution in [1.82, 2.24) is 0 Å². The number of benzene rings is 1. The second kappa shape index (κ2) is 6.15. The summed E-state index contributed by atoms with van der Waals surface area (Å²) in [5.41, 5.74) is 6.99. The van der Waals surface area contributed by atoms with Crippen LogP contribution in [0.5, 0.6) is 0 Å². The molecule has 2 atom stereocenters. The van der Waals surface area contributed by atoms with Crippen molar-refractivity contribution in [3.63, 3.8) is 0 Å². The molecular weight excluding hydrogens is 283 g/mol. The Morgan fingerprint density at radius 3 is 2.68 bits per heavy atom. The molecule has 1 aromatic carbocycles. The summed E-state index contributed by atoms with van der Waals surface area (Å²) in [5, 5.41) is 3.34. The number of hydrogen-bond acceptors (Lipinski definition) is 4. The Hall–Kier alpha value is -1.78. The number of methoxy groups -OCH3 is 1. The Kier molecular flexibility index (Phi) is 4.63. The third kappa shape index (κ3) is 3.70. The average Bonchev–Trinajstić information content (AvgIpc) is 2.39. The molecule has 1 fully saturated rings. The minimum atomic E-state index is -0.719. The molecule has 22 heavy (non-hydrogen) atoms. The van der Waals surface area contributed by atoms with Gasteiger partial charge in [-0.15, -0.1) is 0 Å². The van der Waals surface area contributed by atoms with Gasteiger partial charge in [0, 0.05) is 6.04 Å². The predicted octanol–water partition coefficient (Wildman–Crippen LogP) is 3.82. The quantitative estimate of drug-likeness (QED) is 0.658. The molecule has 5 heteroatoms. The van der Waals surface area contributed by atoms with Gasteiger partial charge in [0.05, 0.1) is 24.0 Å². The Morgan fingerprint density at radius 2 is 2.09 bits per heavy atom. The molecule has 0 amide bonds. The highest BCUT2D eigenvalue weighted by molar-refractivity contribution is 5.92. The van der Waals surface area contributed by atoms with Crippen molar-refractivity contribution in [3.8, 4) is 0 Å². The van der Waals surface area contributed by atoms with Crippen LogP contribution >= 0.6 is 0 Å². The van der Waals surface area contributed by atoms with Gasteiger partial charge in [0.2, 0.25) is 0 Å². The fourth-order valence-electron chi connectivity index (χ4n) is 3.66. The lowest BCUT2D eigenvalue weighted by Gasteiger charge is -2.39. The first kappa shape index (κ1) is 16.6. The average molecular weight is 308 g/mol. The molecule has 0 radical (unpaired) electrons. The first-order valence-corrected chi connectivity index (χ1v) is 7.65. The normalized spacial score (nSPS) is 23.9. The van der Waals surface area contributed by atoms with E-state index in [0.717, 1.165) is 12.8 Å². The number of nitrogens with one attached hydrogen (secondary N) is 1. The topological polar surface area (TPSA) is 64.3 Å². The second-order valence-electron chi connectivity index (χ2n) is 7.17. The molecule has 0 spiro atoms. The summed E-state index contributed by atoms with van der Waals surface area (Å²) < 4.78 is 18.6. The molecule has 0 saturated heterocycles. The number of rotatable bonds is 3. The van der Waals surface area contributed by atoms with E-state index in [1.165, 1.54) is 25.7 Å². The maximum Gasteiger partial charge on any atom is 0.340 e. The number of hydrogen-bond donors (Lipinski definition) is 2. The van der Waals surface area contributed by atoms with Crippen molar-refractivity contribution in [1.29, 1.82) is 0 Å². The zero-order chi connectivity index (χ0) is 16.5. The summed E-state index contributed by atoms with van der Waals surface area (Å²) in [6, 6.07) is 2.87. The van der Waals surface area contributed by atoms with Crippen molar-refractivity contribution >= 4 is 17.3 Å². The van der Waals surface area contributed by atoms with Gasteiger partial charge in [0.15, 0.2) is 0 Å². The van der Waals surface area contributed by atoms with E-state index in [1.807, 2.05) is 0 Å². The van der Waals surface area contributed by atoms with Crippen LogP contribution in [0.25, 0.3) is 0 Å². The fraction of sp³-hybridized carbons (Fsp3) is 0.588. The number of nitrogen functional groups attached to an aromatic ring is 1. The van der Waals surface area contributed by atoms with Gasteiger partial charge in [-0.1, -0.05) is 20.8 Å². The predicted molar refractivity (Wildman–Crippen MR) is 86.4 cm³/mol. The molecule has 0 aliphatic heterocycles. The Balaban J connectivity index is 2.20. The van der Waals surface area contributed by atoms with E-state index < -0.39 is 11.8 Å². The standard InChI is InChI=1S/C17H25FN2O2/c1-10-5-11(9-17(2,3)8-10)20-15-7-13(18)12(6-14(15)19)16(21)22-4/h6-7,10-11,20H,5,8-9,19H2,1-4H3/t10-,11+/m1/s1. The molecule has 0 heterocycles.